The fraction of sp³-hybridized carbons (Fsp3) is 0.326. The number of rotatable bonds is 28. The van der Waals surface area contributed by atoms with E-state index in [1.807, 2.05) is 85.9 Å². The molecule has 11 aromatic rings. The number of imidazole rings is 2. The van der Waals surface area contributed by atoms with Gasteiger partial charge in [-0.3, -0.25) is 33.3 Å². The van der Waals surface area contributed by atoms with Gasteiger partial charge in [-0.2, -0.15) is 0 Å². The summed E-state index contributed by atoms with van der Waals surface area (Å²) in [4.78, 5) is 77.7. The monoisotopic (exact) mass is 1920 g/mol. The largest absolute Gasteiger partial charge is 0.490 e. The van der Waals surface area contributed by atoms with Crippen LogP contribution in [0.3, 0.4) is 0 Å². The highest BCUT2D eigenvalue weighted by Gasteiger charge is 2.36. The Kier molecular flexibility index (Phi) is 30.1. The number of nitrogens with two attached hydrogens (primary N) is 4. The van der Waals surface area contributed by atoms with Gasteiger partial charge in [0.05, 0.1) is 85.4 Å². The molecule has 135 heavy (non-hydrogen) atoms. The molecular formula is C92H107N21O18S4. The fourth-order valence-electron chi connectivity index (χ4n) is 15.0. The first-order valence-electron chi connectivity index (χ1n) is 42.4. The summed E-state index contributed by atoms with van der Waals surface area (Å²) in [5, 5.41) is 21.6. The second-order valence-electron chi connectivity index (χ2n) is 34.3. The lowest BCUT2D eigenvalue weighted by atomic mass is 9.93. The highest BCUT2D eigenvalue weighted by Crippen LogP contribution is 2.35. The predicted octanol–water partition coefficient (Wildman–Crippen LogP) is 7.99. The molecule has 712 valence electrons. The lowest BCUT2D eigenvalue weighted by Gasteiger charge is -2.33. The van der Waals surface area contributed by atoms with Crippen molar-refractivity contribution < 1.29 is 81.6 Å². The number of nitrogens with one attached hydrogen (secondary N) is 4. The topological polar surface area (TPSA) is 565 Å². The standard InChI is InChI=1S/C24H27N5O4S.2C23H26N6O5S.C22H28N4O4S/c1-15-8-9-16(2)29(15)20-12-17(10-11-26-20)23(30)27-24(3,4)14-33-19-7-5-6-18-13-34(31,32)28-22(25)21(18)19;1-14-17(10-30)29(13-26-14)19-9-15(7-8-25-19)22(31)27-23(2,3)12-34-18-6-4-5-16-11-35(32,33)28-21(24)20(16)18;1-23(2,14-34-17-6-4-5-16-13-35(31,32)28-21(24)20(16)17)27-22(30)15-7-8-25-18(11-15)29-10-9-26-19(29)12-33-3;1-5-22(6-2,25-21(27)17-10-14(3)24-15(4)11-17)13-30-18-9-7-8-16-12-31(28,29)26-20(23)19(16)18/h5-12H,13-14H2,1-4H3,(H2,25,28)(H,27,30);4-9,13,30H,10-12H2,1-3H3,(H2,24,28)(H,27,31);4-11H,12-14H2,1-3H3,(H2,24,28)(H,27,30);7-11H,5-6,12-13H2,1-4H3,(H2,23,26)(H,25,27). The molecule has 15 rings (SSSR count). The molecule has 0 fully saturated rings. The number of aliphatic hydroxyl groups excluding tert-OH is 1. The zero-order valence-electron chi connectivity index (χ0n) is 76.8. The molecule has 0 radical (unpaired) electrons. The van der Waals surface area contributed by atoms with Crippen LogP contribution in [0.15, 0.2) is 188 Å². The summed E-state index contributed by atoms with van der Waals surface area (Å²) in [5.41, 5.74) is 31.4. The molecular weight excluding hydrogens is 1820 g/mol. The van der Waals surface area contributed by atoms with Crippen molar-refractivity contribution in [3.63, 3.8) is 0 Å². The molecule has 4 amide bonds. The molecule has 4 aliphatic heterocycles. The SMILES string of the molecule is CCC(CC)(COc1cccc2c1C(N)=NS(=O)(=O)C2)NC(=O)c1cc(C)nc(C)c1.COCc1nccn1-c1cc(C(=O)NC(C)(C)COc2cccc3c2C(N)=NS(=O)(=O)C3)ccn1.Cc1ccc(C)n1-c1cc(C(=O)NC(C)(C)COc2cccc3c2C(N)=NS(=O)(=O)C3)ccn1.Cc1ncn(-c2cc(C(=O)NC(C)(C)COc3cccc4c3C(N)=NS(=O)(=O)C4)ccn2)c1CO. The number of aromatic nitrogens is 9. The fourth-order valence-corrected chi connectivity index (χ4v) is 19.4. The number of methoxy groups -OCH3 is 1. The van der Waals surface area contributed by atoms with Gasteiger partial charge in [-0.15, -0.1) is 17.6 Å². The Morgan fingerprint density at radius 2 is 0.763 bits per heavy atom. The summed E-state index contributed by atoms with van der Waals surface area (Å²) in [6.45, 7) is 24.9. The number of ether oxygens (including phenoxy) is 5. The maximum absolute atomic E-state index is 13.0. The van der Waals surface area contributed by atoms with Crippen molar-refractivity contribution in [2.45, 2.75) is 161 Å². The molecule has 39 nitrogen and oxygen atoms in total. The van der Waals surface area contributed by atoms with E-state index in [1.54, 1.807) is 189 Å². The third kappa shape index (κ3) is 24.8. The molecule has 11 heterocycles. The number of amidine groups is 4. The number of benzene rings is 4. The maximum Gasteiger partial charge on any atom is 0.259 e. The summed E-state index contributed by atoms with van der Waals surface area (Å²) in [5.74, 6) is 1.52. The number of pyridine rings is 4. The minimum absolute atomic E-state index is 0.0813. The smallest absolute Gasteiger partial charge is 0.259 e. The summed E-state index contributed by atoms with van der Waals surface area (Å²) in [7, 11) is -13.0. The Morgan fingerprint density at radius 3 is 1.12 bits per heavy atom. The van der Waals surface area contributed by atoms with Gasteiger partial charge in [-0.25, -0.2) is 58.6 Å². The summed E-state index contributed by atoms with van der Waals surface area (Å²) in [6.07, 6.45) is 10.9. The van der Waals surface area contributed by atoms with Gasteiger partial charge >= 0.3 is 0 Å². The summed E-state index contributed by atoms with van der Waals surface area (Å²) < 4.78 is 144. The number of aliphatic hydroxyl groups is 1. The predicted molar refractivity (Wildman–Crippen MR) is 507 cm³/mol. The van der Waals surface area contributed by atoms with Crippen LogP contribution in [0.2, 0.25) is 0 Å². The van der Waals surface area contributed by atoms with Crippen LogP contribution in [-0.2, 0) is 81.1 Å². The van der Waals surface area contributed by atoms with Gasteiger partial charge < -0.3 is 77.6 Å². The molecule has 0 bridgehead atoms. The molecule has 0 unspecified atom stereocenters. The highest BCUT2D eigenvalue weighted by atomic mass is 32.2. The third-order valence-corrected chi connectivity index (χ3v) is 26.3. The number of carbonyl (C=O) groups is 4. The van der Waals surface area contributed by atoms with Crippen LogP contribution >= 0.6 is 0 Å². The van der Waals surface area contributed by atoms with Crippen LogP contribution in [-0.4, -0.2) is 185 Å². The second kappa shape index (κ2) is 40.7. The lowest BCUT2D eigenvalue weighted by molar-refractivity contribution is 0.0834. The van der Waals surface area contributed by atoms with Crippen molar-refractivity contribution in [3.05, 3.63) is 278 Å². The van der Waals surface area contributed by atoms with E-state index >= 15 is 0 Å². The molecule has 0 aliphatic carbocycles. The summed E-state index contributed by atoms with van der Waals surface area (Å²) >= 11 is 0. The quantitative estimate of drug-likeness (QED) is 0.0224. The highest BCUT2D eigenvalue weighted by molar-refractivity contribution is 7.90. The van der Waals surface area contributed by atoms with E-state index in [4.69, 9.17) is 46.6 Å². The van der Waals surface area contributed by atoms with E-state index in [-0.39, 0.29) is 103 Å². The third-order valence-electron chi connectivity index (χ3n) is 21.7. The Hall–Kier alpha value is -14.1. The Bertz CT molecular complexity index is 6980. The average Bonchev–Trinajstić information content (AvgIpc) is 1.34. The van der Waals surface area contributed by atoms with E-state index < -0.39 is 62.2 Å². The first-order valence-corrected chi connectivity index (χ1v) is 48.8. The van der Waals surface area contributed by atoms with Crippen LogP contribution in [0.1, 0.15) is 194 Å². The number of fused-ring (bicyclic) bond motifs is 4. The van der Waals surface area contributed by atoms with Gasteiger partial charge in [-0.05, 0) is 196 Å². The number of nitrogens with zero attached hydrogens (tertiary/aromatic N) is 13. The van der Waals surface area contributed by atoms with Crippen molar-refractivity contribution in [2.24, 2.45) is 40.5 Å². The molecule has 0 atom stereocenters. The van der Waals surface area contributed by atoms with Crippen LogP contribution in [0, 0.1) is 34.6 Å². The Balaban J connectivity index is 0.000000162. The van der Waals surface area contributed by atoms with Gasteiger partial charge in [0, 0.05) is 83.1 Å². The van der Waals surface area contributed by atoms with Crippen molar-refractivity contribution in [1.29, 1.82) is 0 Å². The number of amides is 4. The van der Waals surface area contributed by atoms with Crippen LogP contribution in [0.5, 0.6) is 23.0 Å². The van der Waals surface area contributed by atoms with Gasteiger partial charge in [0.2, 0.25) is 0 Å². The maximum atomic E-state index is 13.0. The number of hydrogen-bond acceptors (Lipinski definition) is 28. The number of hydrogen-bond donors (Lipinski definition) is 9. The molecule has 0 spiro atoms. The number of carbonyl (C=O) groups excluding carboxylic acids is 4. The Labute approximate surface area is 782 Å². The zero-order valence-corrected chi connectivity index (χ0v) is 80.1. The molecule has 13 N–H and O–H groups in total. The molecule has 0 saturated carbocycles. The Morgan fingerprint density at radius 1 is 0.422 bits per heavy atom. The molecule has 7 aromatic heterocycles. The molecule has 0 saturated heterocycles. The second-order valence-corrected chi connectivity index (χ2v) is 40.9. The van der Waals surface area contributed by atoms with Gasteiger partial charge in [0.15, 0.2) is 0 Å². The van der Waals surface area contributed by atoms with Gasteiger partial charge in [-0.1, -0.05) is 62.4 Å². The van der Waals surface area contributed by atoms with Gasteiger partial charge in [0.1, 0.15) is 109 Å². The van der Waals surface area contributed by atoms with Crippen molar-refractivity contribution in [1.82, 2.24) is 64.9 Å². The number of aryl methyl sites for hydroxylation is 5. The lowest BCUT2D eigenvalue weighted by Crippen LogP contribution is -2.52. The molecule has 4 aromatic carbocycles. The van der Waals surface area contributed by atoms with Crippen molar-refractivity contribution >= 4 is 87.1 Å². The number of sulfonamides is 4. The summed E-state index contributed by atoms with van der Waals surface area (Å²) in [6, 6.07) is 37.7. The molecule has 43 heteroatoms. The van der Waals surface area contributed by atoms with E-state index in [9.17, 15) is 58.0 Å². The first-order chi connectivity index (χ1) is 63.6. The van der Waals surface area contributed by atoms with Crippen LogP contribution in [0.25, 0.3) is 17.5 Å². The van der Waals surface area contributed by atoms with Crippen molar-refractivity contribution in [2.75, 3.05) is 33.5 Å². The van der Waals surface area contributed by atoms with Crippen molar-refractivity contribution in [3.8, 4) is 40.5 Å². The van der Waals surface area contributed by atoms with E-state index in [2.05, 4.69) is 68.8 Å². The molecule has 4 aliphatic rings. The first kappa shape index (κ1) is 99.9. The average molecular weight is 1920 g/mol. The van der Waals surface area contributed by atoms with Gasteiger partial charge in [0.25, 0.3) is 63.7 Å². The normalized spacial score (nSPS) is 14.8. The van der Waals surface area contributed by atoms with E-state index in [0.29, 0.717) is 144 Å². The minimum Gasteiger partial charge on any atom is -0.490 e. The van der Waals surface area contributed by atoms with E-state index in [0.717, 1.165) is 22.8 Å². The minimum atomic E-state index is -3.65. The zero-order chi connectivity index (χ0) is 98.1. The van der Waals surface area contributed by atoms with Crippen LogP contribution in [0.4, 0.5) is 0 Å². The van der Waals surface area contributed by atoms with Crippen LogP contribution < -0.4 is 63.1 Å². The van der Waals surface area contributed by atoms with E-state index in [1.165, 1.54) is 6.20 Å².